The van der Waals surface area contributed by atoms with Crippen LogP contribution >= 0.6 is 0 Å². The molecule has 3 rings (SSSR count). The van der Waals surface area contributed by atoms with Gasteiger partial charge in [-0.05, 0) is 94.8 Å². The Labute approximate surface area is 259 Å². The van der Waals surface area contributed by atoms with Gasteiger partial charge in [0.25, 0.3) is 0 Å². The number of hydrogen-bond donors (Lipinski definition) is 0. The van der Waals surface area contributed by atoms with Gasteiger partial charge in [0.1, 0.15) is 11.4 Å². The normalized spacial score (nSPS) is 20.3. The zero-order valence-electron chi connectivity index (χ0n) is 29.1. The fraction of sp³-hybridized carbons (Fsp3) is 0.758. The van der Waals surface area contributed by atoms with Gasteiger partial charge in [-0.15, -0.1) is 0 Å². The van der Waals surface area contributed by atoms with Crippen LogP contribution in [0.4, 0.5) is 10.6 Å². The van der Waals surface area contributed by atoms with Gasteiger partial charge in [-0.1, -0.05) is 48.5 Å². The van der Waals surface area contributed by atoms with E-state index in [9.17, 15) is 4.79 Å². The molecule has 9 heteroatoms. The number of amides is 1. The Morgan fingerprint density at radius 1 is 1.07 bits per heavy atom. The van der Waals surface area contributed by atoms with E-state index in [0.29, 0.717) is 28.8 Å². The molecule has 0 saturated carbocycles. The minimum absolute atomic E-state index is 0.0625. The van der Waals surface area contributed by atoms with Gasteiger partial charge in [0, 0.05) is 24.7 Å². The average molecular weight is 616 g/mol. The number of aromatic nitrogens is 1. The van der Waals surface area contributed by atoms with Crippen molar-refractivity contribution < 1.29 is 18.4 Å². The molecule has 0 bridgehead atoms. The van der Waals surface area contributed by atoms with Gasteiger partial charge in [-0.2, -0.15) is 0 Å². The molecule has 0 N–H and O–H groups in total. The van der Waals surface area contributed by atoms with Gasteiger partial charge in [0.15, 0.2) is 0 Å². The molecule has 2 atom stereocenters. The van der Waals surface area contributed by atoms with Crippen LogP contribution < -0.4 is 4.90 Å². The first-order valence-corrected chi connectivity index (χ1v) is 19.4. The summed E-state index contributed by atoms with van der Waals surface area (Å²) in [5.74, 6) is 1.51. The predicted octanol–water partition coefficient (Wildman–Crippen LogP) is 8.17. The third kappa shape index (κ3) is 7.80. The van der Waals surface area contributed by atoms with Crippen molar-refractivity contribution in [3.63, 3.8) is 0 Å². The van der Waals surface area contributed by atoms with Crippen LogP contribution in [0.5, 0.6) is 0 Å². The minimum Gasteiger partial charge on any atom is -0.549 e. The summed E-state index contributed by atoms with van der Waals surface area (Å²) in [6.07, 6.45) is 4.56. The first-order chi connectivity index (χ1) is 18.9. The highest BCUT2D eigenvalue weighted by Gasteiger charge is 2.43. The number of rotatable bonds is 8. The van der Waals surface area contributed by atoms with Gasteiger partial charge in [-0.3, -0.25) is 0 Å². The van der Waals surface area contributed by atoms with Crippen LogP contribution in [0.3, 0.4) is 0 Å². The third-order valence-corrected chi connectivity index (χ3v) is 15.3. The Hall–Kier alpha value is -1.85. The molecule has 1 saturated heterocycles. The number of fused-ring (bicyclic) bond motifs is 3. The van der Waals surface area contributed by atoms with E-state index in [-0.39, 0.29) is 28.3 Å². The number of pyridine rings is 1. The molecule has 3 heterocycles. The zero-order valence-corrected chi connectivity index (χ0v) is 31.1. The quantitative estimate of drug-likeness (QED) is 0.217. The van der Waals surface area contributed by atoms with E-state index >= 15 is 0 Å². The molecule has 7 nitrogen and oxygen atoms in total. The van der Waals surface area contributed by atoms with Crippen molar-refractivity contribution in [1.29, 1.82) is 0 Å². The number of nitrogens with zero attached hydrogens (tertiary/aromatic N) is 3. The van der Waals surface area contributed by atoms with Gasteiger partial charge in [-0.25, -0.2) is 9.78 Å². The lowest BCUT2D eigenvalue weighted by Crippen LogP contribution is -2.58. The first-order valence-electron chi connectivity index (χ1n) is 15.6. The predicted molar refractivity (Wildman–Crippen MR) is 178 cm³/mol. The molecule has 2 aliphatic heterocycles. The Morgan fingerprint density at radius 2 is 1.69 bits per heavy atom. The SMILES string of the molecule is CC(C)C(C)(C)[Si]OC(C)(C)c1nc2c(cc1C=CO[Si](C)(C)C(C)(C)C)C[C@@H]1CN(C(=O)OC(C)(C)C)C[C@@H](C)N21. The molecule has 1 amide bonds. The number of carbonyl (C=O) groups excluding carboxylic acids is 1. The van der Waals surface area contributed by atoms with Crippen LogP contribution in [0.2, 0.25) is 23.2 Å². The van der Waals surface area contributed by atoms with E-state index in [1.54, 1.807) is 0 Å². The number of carbonyl (C=O) groups is 1. The smallest absolute Gasteiger partial charge is 0.410 e. The lowest BCUT2D eigenvalue weighted by molar-refractivity contribution is 0.0191. The lowest BCUT2D eigenvalue weighted by Gasteiger charge is -2.43. The van der Waals surface area contributed by atoms with Crippen molar-refractivity contribution in [3.8, 4) is 0 Å². The van der Waals surface area contributed by atoms with Crippen LogP contribution in [-0.4, -0.2) is 64.8 Å². The molecule has 2 radical (unpaired) electrons. The van der Waals surface area contributed by atoms with E-state index in [0.717, 1.165) is 23.5 Å². The van der Waals surface area contributed by atoms with Gasteiger partial charge >= 0.3 is 6.09 Å². The second-order valence-electron chi connectivity index (χ2n) is 16.2. The van der Waals surface area contributed by atoms with Crippen molar-refractivity contribution in [2.45, 2.75) is 143 Å². The van der Waals surface area contributed by atoms with Crippen LogP contribution in [0.25, 0.3) is 6.08 Å². The summed E-state index contributed by atoms with van der Waals surface area (Å²) in [7, 11) is -1.63. The van der Waals surface area contributed by atoms with Crippen molar-refractivity contribution in [2.75, 3.05) is 18.0 Å². The summed E-state index contributed by atoms with van der Waals surface area (Å²) < 4.78 is 18.9. The van der Waals surface area contributed by atoms with Crippen LogP contribution in [0.15, 0.2) is 12.3 Å². The maximum atomic E-state index is 13.0. The molecule has 0 aromatic carbocycles. The monoisotopic (exact) mass is 615 g/mol. The van der Waals surface area contributed by atoms with Crippen molar-refractivity contribution >= 4 is 36.1 Å². The van der Waals surface area contributed by atoms with E-state index < -0.39 is 19.5 Å². The number of piperazine rings is 1. The largest absolute Gasteiger partial charge is 0.549 e. The maximum absolute atomic E-state index is 13.0. The topological polar surface area (TPSA) is 64.1 Å². The summed E-state index contributed by atoms with van der Waals surface area (Å²) in [6, 6.07) is 2.55. The van der Waals surface area contributed by atoms with Crippen LogP contribution in [0, 0.1) is 5.92 Å². The van der Waals surface area contributed by atoms with E-state index in [1.807, 2.05) is 31.9 Å². The summed E-state index contributed by atoms with van der Waals surface area (Å²) in [5, 5.41) is 0.175. The second-order valence-corrected chi connectivity index (χ2v) is 22.6. The van der Waals surface area contributed by atoms with E-state index in [2.05, 4.69) is 99.4 Å². The zero-order chi connectivity index (χ0) is 32.1. The van der Waals surface area contributed by atoms with Crippen molar-refractivity contribution in [3.05, 3.63) is 29.1 Å². The Kier molecular flexibility index (Phi) is 9.83. The highest BCUT2D eigenvalue weighted by atomic mass is 28.4. The summed E-state index contributed by atoms with van der Waals surface area (Å²) in [6.45, 7) is 33.7. The molecule has 236 valence electrons. The van der Waals surface area contributed by atoms with Gasteiger partial charge < -0.3 is 23.4 Å². The highest BCUT2D eigenvalue weighted by Crippen LogP contribution is 2.42. The molecule has 0 unspecified atom stereocenters. The van der Waals surface area contributed by atoms with Crippen molar-refractivity contribution in [2.24, 2.45) is 5.92 Å². The first kappa shape index (κ1) is 34.6. The number of anilines is 1. The second kappa shape index (κ2) is 11.9. The molecule has 2 aliphatic rings. The molecule has 0 spiro atoms. The standard InChI is InChI=1S/C33H57N3O4Si2/c1-22(2)33(12,13)41-40-32(10,11)27-24(16-17-38-42(14,15)31(7,8)9)18-25-19-26-21-35(29(37)39-30(4,5)6)20-23(3)36(26)28(25)34-27/h16-18,22-23,26H,19-21H2,1-15H3/t23-,26-/m1/s1. The Morgan fingerprint density at radius 3 is 2.24 bits per heavy atom. The maximum Gasteiger partial charge on any atom is 0.410 e. The molecular formula is C33H57N3O4Si2. The fourth-order valence-corrected chi connectivity index (χ4v) is 6.50. The summed E-state index contributed by atoms with van der Waals surface area (Å²) in [4.78, 5) is 22.6. The average Bonchev–Trinajstić information content (AvgIpc) is 3.18. The van der Waals surface area contributed by atoms with E-state index in [1.165, 1.54) is 5.56 Å². The third-order valence-electron chi connectivity index (χ3n) is 9.24. The molecular weight excluding hydrogens is 559 g/mol. The highest BCUT2D eigenvalue weighted by molar-refractivity contribution is 6.74. The molecule has 1 fully saturated rings. The Balaban J connectivity index is 1.99. The minimum atomic E-state index is -1.96. The van der Waals surface area contributed by atoms with Crippen LogP contribution in [0.1, 0.15) is 107 Å². The van der Waals surface area contributed by atoms with Gasteiger partial charge in [0.2, 0.25) is 18.1 Å². The van der Waals surface area contributed by atoms with Crippen LogP contribution in [-0.2, 0) is 25.6 Å². The van der Waals surface area contributed by atoms with E-state index in [4.69, 9.17) is 18.6 Å². The fourth-order valence-electron chi connectivity index (χ4n) is 4.88. The number of hydrogen-bond acceptors (Lipinski definition) is 6. The summed E-state index contributed by atoms with van der Waals surface area (Å²) >= 11 is 0. The molecule has 42 heavy (non-hydrogen) atoms. The summed E-state index contributed by atoms with van der Waals surface area (Å²) in [5.41, 5.74) is 2.04. The number of ether oxygens (including phenoxy) is 1. The Bertz CT molecular complexity index is 1170. The van der Waals surface area contributed by atoms with Gasteiger partial charge in [0.05, 0.1) is 23.6 Å². The molecule has 1 aromatic rings. The lowest BCUT2D eigenvalue weighted by atomic mass is 9.97. The molecule has 1 aromatic heterocycles. The van der Waals surface area contributed by atoms with Crippen molar-refractivity contribution in [1.82, 2.24) is 9.88 Å². The molecule has 0 aliphatic carbocycles.